The van der Waals surface area contributed by atoms with Gasteiger partial charge in [-0.2, -0.15) is 0 Å². The molecule has 3 aromatic rings. The molecule has 0 spiro atoms. The van der Waals surface area contributed by atoms with Crippen molar-refractivity contribution in [2.24, 2.45) is 5.16 Å². The highest BCUT2D eigenvalue weighted by molar-refractivity contribution is 6.20. The third-order valence-corrected chi connectivity index (χ3v) is 4.65. The van der Waals surface area contributed by atoms with E-state index >= 15 is 0 Å². The molecule has 3 rings (SSSR count). The molecule has 0 saturated carbocycles. The van der Waals surface area contributed by atoms with Crippen LogP contribution >= 0.6 is 0 Å². The summed E-state index contributed by atoms with van der Waals surface area (Å²) in [6.45, 7) is 1.69. The van der Waals surface area contributed by atoms with Crippen molar-refractivity contribution in [1.82, 2.24) is 0 Å². The summed E-state index contributed by atoms with van der Waals surface area (Å²) in [6.07, 6.45) is 0. The van der Waals surface area contributed by atoms with Crippen molar-refractivity contribution in [2.75, 3.05) is 34.5 Å². The van der Waals surface area contributed by atoms with E-state index in [1.54, 1.807) is 27.2 Å². The van der Waals surface area contributed by atoms with Crippen LogP contribution in [0.15, 0.2) is 59.8 Å². The first kappa shape index (κ1) is 22.0. The van der Waals surface area contributed by atoms with Crippen LogP contribution in [0, 0.1) is 0 Å². The van der Waals surface area contributed by atoms with Crippen LogP contribution in [0.1, 0.15) is 18.1 Å². The van der Waals surface area contributed by atoms with Gasteiger partial charge in [-0.1, -0.05) is 47.6 Å². The standard InChI is InChI=1S/C24H25NO6/c1-5-30-21(26)15-31-25-22(18-12-8-10-16-9-6-7-11-17(16)18)19-13-14-20(27-2)24(29-4)23(19)28-3/h6-14H,5,15H2,1-4H3/b25-22+. The highest BCUT2D eigenvalue weighted by Gasteiger charge is 2.22. The van der Waals surface area contributed by atoms with E-state index in [2.05, 4.69) is 5.16 Å². The third kappa shape index (κ3) is 4.71. The van der Waals surface area contributed by atoms with Gasteiger partial charge in [-0.05, 0) is 29.8 Å². The van der Waals surface area contributed by atoms with Crippen LogP contribution in [-0.2, 0) is 14.4 Å². The van der Waals surface area contributed by atoms with Gasteiger partial charge in [0.05, 0.1) is 33.5 Å². The molecule has 0 saturated heterocycles. The lowest BCUT2D eigenvalue weighted by molar-refractivity contribution is -0.148. The van der Waals surface area contributed by atoms with Gasteiger partial charge in [0.15, 0.2) is 11.5 Å². The fraction of sp³-hybridized carbons (Fsp3) is 0.250. The molecule has 0 amide bonds. The van der Waals surface area contributed by atoms with Crippen molar-refractivity contribution in [3.8, 4) is 17.2 Å². The number of carbonyl (C=O) groups is 1. The summed E-state index contributed by atoms with van der Waals surface area (Å²) in [5, 5.41) is 6.33. The maximum Gasteiger partial charge on any atom is 0.347 e. The number of esters is 1. The molecule has 0 N–H and O–H groups in total. The third-order valence-electron chi connectivity index (χ3n) is 4.65. The van der Waals surface area contributed by atoms with Gasteiger partial charge in [-0.15, -0.1) is 0 Å². The maximum atomic E-state index is 11.7. The van der Waals surface area contributed by atoms with Crippen molar-refractivity contribution in [3.63, 3.8) is 0 Å². The fourth-order valence-electron chi connectivity index (χ4n) is 3.32. The number of fused-ring (bicyclic) bond motifs is 1. The second-order valence-corrected chi connectivity index (χ2v) is 6.43. The zero-order chi connectivity index (χ0) is 22.2. The van der Waals surface area contributed by atoms with Gasteiger partial charge in [0.2, 0.25) is 12.4 Å². The van der Waals surface area contributed by atoms with E-state index in [4.69, 9.17) is 23.8 Å². The van der Waals surface area contributed by atoms with Gasteiger partial charge in [0.25, 0.3) is 0 Å². The minimum absolute atomic E-state index is 0.269. The van der Waals surface area contributed by atoms with Crippen molar-refractivity contribution in [2.45, 2.75) is 6.92 Å². The van der Waals surface area contributed by atoms with E-state index in [9.17, 15) is 4.79 Å². The van der Waals surface area contributed by atoms with Crippen molar-refractivity contribution in [3.05, 3.63) is 65.7 Å². The topological polar surface area (TPSA) is 75.6 Å². The predicted molar refractivity (Wildman–Crippen MR) is 118 cm³/mol. The number of nitrogens with zero attached hydrogens (tertiary/aromatic N) is 1. The number of hydrogen-bond donors (Lipinski definition) is 0. The lowest BCUT2D eigenvalue weighted by Crippen LogP contribution is -2.13. The highest BCUT2D eigenvalue weighted by Crippen LogP contribution is 2.41. The summed E-state index contributed by atoms with van der Waals surface area (Å²) in [5.41, 5.74) is 1.92. The van der Waals surface area contributed by atoms with Gasteiger partial charge in [-0.25, -0.2) is 4.79 Å². The number of oxime groups is 1. The number of ether oxygens (including phenoxy) is 4. The molecule has 31 heavy (non-hydrogen) atoms. The Morgan fingerprint density at radius 2 is 1.58 bits per heavy atom. The van der Waals surface area contributed by atoms with E-state index in [0.29, 0.717) is 28.5 Å². The first-order valence-electron chi connectivity index (χ1n) is 9.77. The summed E-state index contributed by atoms with van der Waals surface area (Å²) >= 11 is 0. The van der Waals surface area contributed by atoms with E-state index in [-0.39, 0.29) is 13.2 Å². The summed E-state index contributed by atoms with van der Waals surface area (Å²) in [5.74, 6) is 0.893. The van der Waals surface area contributed by atoms with Crippen LogP contribution in [-0.4, -0.2) is 46.2 Å². The highest BCUT2D eigenvalue weighted by atomic mass is 16.7. The molecule has 0 radical (unpaired) electrons. The van der Waals surface area contributed by atoms with Crippen LogP contribution < -0.4 is 14.2 Å². The Kier molecular flexibility index (Phi) is 7.32. The summed E-state index contributed by atoms with van der Waals surface area (Å²) in [6, 6.07) is 17.4. The molecule has 0 fully saturated rings. The van der Waals surface area contributed by atoms with Gasteiger partial charge in [0.1, 0.15) is 5.71 Å². The molecule has 0 aliphatic carbocycles. The first-order valence-corrected chi connectivity index (χ1v) is 9.77. The predicted octanol–water partition coefficient (Wildman–Crippen LogP) is 4.20. The van der Waals surface area contributed by atoms with Crippen LogP contribution in [0.4, 0.5) is 0 Å². The average molecular weight is 423 g/mol. The van der Waals surface area contributed by atoms with Crippen molar-refractivity contribution >= 4 is 22.5 Å². The molecule has 0 aromatic heterocycles. The molecule has 0 bridgehead atoms. The quantitative estimate of drug-likeness (QED) is 0.292. The number of hydrogen-bond acceptors (Lipinski definition) is 7. The van der Waals surface area contributed by atoms with E-state index < -0.39 is 5.97 Å². The second-order valence-electron chi connectivity index (χ2n) is 6.43. The van der Waals surface area contributed by atoms with Gasteiger partial charge in [0, 0.05) is 5.56 Å². The zero-order valence-corrected chi connectivity index (χ0v) is 18.0. The number of carbonyl (C=O) groups excluding carboxylic acids is 1. The largest absolute Gasteiger partial charge is 0.493 e. The Morgan fingerprint density at radius 3 is 2.29 bits per heavy atom. The molecule has 0 unspecified atom stereocenters. The van der Waals surface area contributed by atoms with Crippen LogP contribution in [0.2, 0.25) is 0 Å². The Labute approximate surface area is 181 Å². The Bertz CT molecular complexity index is 1090. The Morgan fingerprint density at radius 1 is 0.839 bits per heavy atom. The minimum atomic E-state index is -0.497. The normalized spacial score (nSPS) is 11.2. The van der Waals surface area contributed by atoms with E-state index in [1.165, 1.54) is 7.11 Å². The lowest BCUT2D eigenvalue weighted by Gasteiger charge is -2.17. The van der Waals surface area contributed by atoms with E-state index in [0.717, 1.165) is 16.3 Å². The average Bonchev–Trinajstić information content (AvgIpc) is 2.80. The van der Waals surface area contributed by atoms with E-state index in [1.807, 2.05) is 48.5 Å². The van der Waals surface area contributed by atoms with Gasteiger partial charge in [-0.3, -0.25) is 0 Å². The minimum Gasteiger partial charge on any atom is -0.493 e. The number of rotatable bonds is 9. The fourth-order valence-corrected chi connectivity index (χ4v) is 3.32. The van der Waals surface area contributed by atoms with Crippen molar-refractivity contribution in [1.29, 1.82) is 0 Å². The summed E-state index contributed by atoms with van der Waals surface area (Å²) < 4.78 is 21.5. The molecule has 7 heteroatoms. The zero-order valence-electron chi connectivity index (χ0n) is 18.0. The lowest BCUT2D eigenvalue weighted by atomic mass is 9.95. The van der Waals surface area contributed by atoms with Crippen LogP contribution in [0.5, 0.6) is 17.2 Å². The monoisotopic (exact) mass is 423 g/mol. The molecule has 162 valence electrons. The van der Waals surface area contributed by atoms with Crippen LogP contribution in [0.25, 0.3) is 10.8 Å². The SMILES string of the molecule is CCOC(=O)CO/N=C(/c1ccc(OC)c(OC)c1OC)c1cccc2ccccc12. The van der Waals surface area contributed by atoms with Gasteiger partial charge < -0.3 is 23.8 Å². The molecule has 7 nitrogen and oxygen atoms in total. The summed E-state index contributed by atoms with van der Waals surface area (Å²) in [4.78, 5) is 17.1. The first-order chi connectivity index (χ1) is 15.1. The molecule has 3 aromatic carbocycles. The number of benzene rings is 3. The molecule has 0 aliphatic heterocycles. The number of methoxy groups -OCH3 is 3. The van der Waals surface area contributed by atoms with Gasteiger partial charge >= 0.3 is 5.97 Å². The molecular formula is C24H25NO6. The van der Waals surface area contributed by atoms with Crippen molar-refractivity contribution < 1.29 is 28.6 Å². The smallest absolute Gasteiger partial charge is 0.347 e. The Balaban J connectivity index is 2.18. The molecule has 0 heterocycles. The molecule has 0 aliphatic rings. The Hall–Kier alpha value is -3.74. The summed E-state index contributed by atoms with van der Waals surface area (Å²) in [7, 11) is 4.64. The maximum absolute atomic E-state index is 11.7. The second kappa shape index (κ2) is 10.3. The molecular weight excluding hydrogens is 398 g/mol. The van der Waals surface area contributed by atoms with Crippen LogP contribution in [0.3, 0.4) is 0 Å². The molecule has 0 atom stereocenters.